The molecule has 0 fully saturated rings. The lowest BCUT2D eigenvalue weighted by Gasteiger charge is -2.19. The van der Waals surface area contributed by atoms with Gasteiger partial charge in [0.1, 0.15) is 0 Å². The molecule has 1 aromatic rings. The Labute approximate surface area is 98.0 Å². The van der Waals surface area contributed by atoms with E-state index >= 15 is 0 Å². The third kappa shape index (κ3) is 2.73. The Morgan fingerprint density at radius 3 is 1.93 bits per heavy atom. The van der Waals surface area contributed by atoms with E-state index in [9.17, 15) is 0 Å². The molecule has 0 amide bonds. The van der Waals surface area contributed by atoms with Crippen molar-refractivity contribution in [3.8, 4) is 0 Å². The van der Waals surface area contributed by atoms with Gasteiger partial charge in [-0.25, -0.2) is 0 Å². The summed E-state index contributed by atoms with van der Waals surface area (Å²) in [4.78, 5) is 2.12. The van der Waals surface area contributed by atoms with E-state index in [1.165, 1.54) is 27.8 Å². The molecule has 0 atom stereocenters. The molecule has 0 spiro atoms. The van der Waals surface area contributed by atoms with Crippen LogP contribution in [0.5, 0.6) is 0 Å². The summed E-state index contributed by atoms with van der Waals surface area (Å²) in [5.41, 5.74) is 6.97. The minimum absolute atomic E-state index is 0.575. The number of aryl methyl sites for hydroxylation is 2. The van der Waals surface area contributed by atoms with Crippen LogP contribution < -0.4 is 0 Å². The molecule has 0 N–H and O–H groups in total. The Bertz CT molecular complexity index is 332. The molecular weight excluding hydrogens is 206 g/mol. The van der Waals surface area contributed by atoms with Gasteiger partial charge in [-0.1, -0.05) is 6.07 Å². The van der Waals surface area contributed by atoms with E-state index in [2.05, 4.69) is 38.7 Å². The van der Waals surface area contributed by atoms with Crippen LogP contribution in [0.15, 0.2) is 6.07 Å². The van der Waals surface area contributed by atoms with Crippen molar-refractivity contribution in [3.05, 3.63) is 33.9 Å². The average Bonchev–Trinajstić information content (AvgIpc) is 2.21. The van der Waals surface area contributed by atoms with Crippen LogP contribution >= 0.6 is 11.6 Å². The summed E-state index contributed by atoms with van der Waals surface area (Å²) < 4.78 is 0. The third-order valence-electron chi connectivity index (χ3n) is 3.15. The van der Waals surface area contributed by atoms with Crippen LogP contribution in [-0.2, 0) is 6.54 Å². The highest BCUT2D eigenvalue weighted by molar-refractivity contribution is 6.17. The highest BCUT2D eigenvalue weighted by Gasteiger charge is 2.09. The summed E-state index contributed by atoms with van der Waals surface area (Å²) in [6, 6.07) is 2.83. The summed E-state index contributed by atoms with van der Waals surface area (Å²) in [5, 5.41) is 0. The summed E-state index contributed by atoms with van der Waals surface area (Å²) in [6.07, 6.45) is 0. The van der Waals surface area contributed by atoms with E-state index in [4.69, 9.17) is 11.6 Å². The van der Waals surface area contributed by atoms with E-state index in [0.717, 1.165) is 6.54 Å². The van der Waals surface area contributed by atoms with Crippen molar-refractivity contribution in [3.63, 3.8) is 0 Å². The van der Waals surface area contributed by atoms with Crippen LogP contribution in [0.25, 0.3) is 0 Å². The maximum Gasteiger partial charge on any atom is 0.0738 e. The van der Waals surface area contributed by atoms with Crippen molar-refractivity contribution in [1.29, 1.82) is 0 Å². The second-order valence-corrected chi connectivity index (χ2v) is 4.61. The summed E-state index contributed by atoms with van der Waals surface area (Å²) in [6.45, 7) is 9.67. The van der Waals surface area contributed by atoms with E-state index in [1.54, 1.807) is 0 Å². The number of halogens is 1. The molecule has 84 valence electrons. The Morgan fingerprint density at radius 1 is 1.07 bits per heavy atom. The van der Waals surface area contributed by atoms with Gasteiger partial charge in [0.25, 0.3) is 0 Å². The molecule has 1 aromatic carbocycles. The van der Waals surface area contributed by atoms with Crippen molar-refractivity contribution in [2.75, 3.05) is 13.1 Å². The quantitative estimate of drug-likeness (QED) is 0.562. The van der Waals surface area contributed by atoms with Gasteiger partial charge in [0.2, 0.25) is 0 Å². The summed E-state index contributed by atoms with van der Waals surface area (Å²) >= 11 is 5.81. The molecule has 0 heterocycles. The monoisotopic (exact) mass is 225 g/mol. The highest BCUT2D eigenvalue weighted by Crippen LogP contribution is 2.22. The number of benzene rings is 1. The van der Waals surface area contributed by atoms with Crippen molar-refractivity contribution in [1.82, 2.24) is 4.90 Å². The SMILES string of the molecule is Cc1cc(C)c(C)c(CN(C)CCl)c1C. The van der Waals surface area contributed by atoms with Gasteiger partial charge >= 0.3 is 0 Å². The molecule has 0 unspecified atom stereocenters. The molecule has 2 heteroatoms. The zero-order chi connectivity index (χ0) is 11.6. The molecule has 0 bridgehead atoms. The van der Waals surface area contributed by atoms with Crippen LogP contribution in [0.4, 0.5) is 0 Å². The molecule has 1 rings (SSSR count). The maximum atomic E-state index is 5.81. The number of rotatable bonds is 3. The average molecular weight is 226 g/mol. The van der Waals surface area contributed by atoms with Gasteiger partial charge in [-0.15, -0.1) is 11.6 Å². The van der Waals surface area contributed by atoms with Crippen molar-refractivity contribution < 1.29 is 0 Å². The maximum absolute atomic E-state index is 5.81. The van der Waals surface area contributed by atoms with Crippen molar-refractivity contribution in [2.24, 2.45) is 0 Å². The fourth-order valence-electron chi connectivity index (χ4n) is 1.85. The van der Waals surface area contributed by atoms with Crippen LogP contribution in [0.2, 0.25) is 0 Å². The Balaban J connectivity index is 3.15. The van der Waals surface area contributed by atoms with Gasteiger partial charge < -0.3 is 0 Å². The lowest BCUT2D eigenvalue weighted by atomic mass is 9.94. The molecule has 0 aliphatic rings. The van der Waals surface area contributed by atoms with Gasteiger partial charge in [0, 0.05) is 6.54 Å². The minimum atomic E-state index is 0.575. The second kappa shape index (κ2) is 5.00. The normalized spacial score (nSPS) is 11.1. The first-order valence-corrected chi connectivity index (χ1v) is 5.81. The number of alkyl halides is 1. The molecule has 0 saturated heterocycles. The molecule has 15 heavy (non-hydrogen) atoms. The van der Waals surface area contributed by atoms with Crippen molar-refractivity contribution in [2.45, 2.75) is 34.2 Å². The second-order valence-electron chi connectivity index (χ2n) is 4.37. The molecule has 0 aromatic heterocycles. The molecular formula is C13H20ClN. The first-order valence-electron chi connectivity index (χ1n) is 5.28. The van der Waals surface area contributed by atoms with Crippen LogP contribution in [0.1, 0.15) is 27.8 Å². The lowest BCUT2D eigenvalue weighted by Crippen LogP contribution is -2.17. The van der Waals surface area contributed by atoms with Crippen LogP contribution in [-0.4, -0.2) is 18.0 Å². The van der Waals surface area contributed by atoms with Gasteiger partial charge in [-0.3, -0.25) is 4.90 Å². The molecule has 0 aliphatic carbocycles. The van der Waals surface area contributed by atoms with Gasteiger partial charge in [0.15, 0.2) is 0 Å². The number of nitrogens with zero attached hydrogens (tertiary/aromatic N) is 1. The highest BCUT2D eigenvalue weighted by atomic mass is 35.5. The fraction of sp³-hybridized carbons (Fsp3) is 0.538. The predicted molar refractivity (Wildman–Crippen MR) is 67.6 cm³/mol. The first-order chi connectivity index (χ1) is 6.97. The van der Waals surface area contributed by atoms with E-state index < -0.39 is 0 Å². The number of hydrogen-bond donors (Lipinski definition) is 0. The molecule has 1 nitrogen and oxygen atoms in total. The van der Waals surface area contributed by atoms with Gasteiger partial charge in [-0.2, -0.15) is 0 Å². The van der Waals surface area contributed by atoms with E-state index in [-0.39, 0.29) is 0 Å². The first kappa shape index (κ1) is 12.5. The number of hydrogen-bond acceptors (Lipinski definition) is 1. The molecule has 0 aliphatic heterocycles. The van der Waals surface area contributed by atoms with Gasteiger partial charge in [-0.05, 0) is 62.6 Å². The minimum Gasteiger partial charge on any atom is -0.289 e. The summed E-state index contributed by atoms with van der Waals surface area (Å²) in [7, 11) is 2.05. The van der Waals surface area contributed by atoms with Crippen LogP contribution in [0, 0.1) is 27.7 Å². The van der Waals surface area contributed by atoms with E-state index in [0.29, 0.717) is 6.00 Å². The topological polar surface area (TPSA) is 3.24 Å². The summed E-state index contributed by atoms with van der Waals surface area (Å²) in [5.74, 6) is 0. The fourth-order valence-corrected chi connectivity index (χ4v) is 1.93. The molecule has 0 saturated carbocycles. The largest absolute Gasteiger partial charge is 0.289 e. The zero-order valence-electron chi connectivity index (χ0n) is 10.3. The smallest absolute Gasteiger partial charge is 0.0738 e. The van der Waals surface area contributed by atoms with Crippen molar-refractivity contribution >= 4 is 11.6 Å². The lowest BCUT2D eigenvalue weighted by molar-refractivity contribution is 0.380. The Morgan fingerprint density at radius 2 is 1.53 bits per heavy atom. The predicted octanol–water partition coefficient (Wildman–Crippen LogP) is 3.55. The Kier molecular flexibility index (Phi) is 4.18. The Hall–Kier alpha value is -0.530. The van der Waals surface area contributed by atoms with Crippen LogP contribution in [0.3, 0.4) is 0 Å². The standard InChI is InChI=1S/C13H20ClN/c1-9-6-10(2)12(4)13(11(9)3)7-15(5)8-14/h6H,7-8H2,1-5H3. The zero-order valence-corrected chi connectivity index (χ0v) is 11.1. The van der Waals surface area contributed by atoms with Gasteiger partial charge in [0.05, 0.1) is 6.00 Å². The molecule has 0 radical (unpaired) electrons. The third-order valence-corrected chi connectivity index (χ3v) is 3.56. The van der Waals surface area contributed by atoms with E-state index in [1.807, 2.05) is 7.05 Å².